The van der Waals surface area contributed by atoms with Crippen molar-refractivity contribution >= 4 is 5.97 Å². The van der Waals surface area contributed by atoms with Crippen molar-refractivity contribution in [1.29, 1.82) is 0 Å². The van der Waals surface area contributed by atoms with Crippen LogP contribution in [0.15, 0.2) is 12.2 Å². The highest BCUT2D eigenvalue weighted by Crippen LogP contribution is 2.74. The number of allylic oxidation sites excluding steroid dienone is 2. The smallest absolute Gasteiger partial charge is 0.307 e. The summed E-state index contributed by atoms with van der Waals surface area (Å²) in [5, 5.41) is 9.62. The second kappa shape index (κ2) is 4.24. The van der Waals surface area contributed by atoms with E-state index in [9.17, 15) is 9.90 Å². The summed E-state index contributed by atoms with van der Waals surface area (Å²) in [7, 11) is 0. The van der Waals surface area contributed by atoms with Crippen LogP contribution in [0, 0.1) is 45.8 Å². The van der Waals surface area contributed by atoms with Crippen LogP contribution in [0.25, 0.3) is 0 Å². The molecule has 0 heterocycles. The fraction of sp³-hybridized carbons (Fsp3) is 0.857. The molecule has 2 heteroatoms. The molecular formula is C21H30O2. The minimum atomic E-state index is -0.567. The van der Waals surface area contributed by atoms with E-state index in [2.05, 4.69) is 26.0 Å². The Morgan fingerprint density at radius 2 is 1.57 bits per heavy atom. The average Bonchev–Trinajstić information content (AvgIpc) is 3.05. The van der Waals surface area contributed by atoms with Gasteiger partial charge < -0.3 is 5.11 Å². The van der Waals surface area contributed by atoms with Gasteiger partial charge >= 0.3 is 5.97 Å². The van der Waals surface area contributed by atoms with Gasteiger partial charge in [-0.3, -0.25) is 4.79 Å². The zero-order valence-corrected chi connectivity index (χ0v) is 14.6. The Bertz CT molecular complexity index is 551. The minimum Gasteiger partial charge on any atom is -0.481 e. The van der Waals surface area contributed by atoms with Crippen molar-refractivity contribution < 1.29 is 9.90 Å². The van der Waals surface area contributed by atoms with Crippen molar-refractivity contribution in [3.8, 4) is 0 Å². The first-order valence-corrected chi connectivity index (χ1v) is 9.76. The molecule has 6 bridgehead atoms. The van der Waals surface area contributed by atoms with Gasteiger partial charge in [-0.25, -0.2) is 0 Å². The minimum absolute atomic E-state index is 0.131. The number of fused-ring (bicyclic) bond motifs is 2. The van der Waals surface area contributed by atoms with E-state index >= 15 is 0 Å². The Hall–Kier alpha value is -0.790. The van der Waals surface area contributed by atoms with Crippen molar-refractivity contribution in [1.82, 2.24) is 0 Å². The summed E-state index contributed by atoms with van der Waals surface area (Å²) in [4.78, 5) is 11.7. The lowest BCUT2D eigenvalue weighted by Gasteiger charge is -2.66. The summed E-state index contributed by atoms with van der Waals surface area (Å²) in [6.07, 6.45) is 15.4. The third kappa shape index (κ3) is 1.68. The molecule has 126 valence electrons. The van der Waals surface area contributed by atoms with Crippen LogP contribution in [0.5, 0.6) is 0 Å². The van der Waals surface area contributed by atoms with Gasteiger partial charge in [0.25, 0.3) is 0 Å². The van der Waals surface area contributed by atoms with E-state index in [1.54, 1.807) is 0 Å². The highest BCUT2D eigenvalue weighted by atomic mass is 16.4. The van der Waals surface area contributed by atoms with Crippen molar-refractivity contribution in [3.05, 3.63) is 12.2 Å². The van der Waals surface area contributed by atoms with E-state index in [-0.39, 0.29) is 16.7 Å². The molecule has 0 aromatic carbocycles. The number of carboxylic acids is 1. The average molecular weight is 314 g/mol. The van der Waals surface area contributed by atoms with Crippen molar-refractivity contribution in [2.75, 3.05) is 0 Å². The Morgan fingerprint density at radius 1 is 1.00 bits per heavy atom. The Morgan fingerprint density at radius 3 is 2.04 bits per heavy atom. The van der Waals surface area contributed by atoms with Crippen LogP contribution in [0.1, 0.15) is 65.2 Å². The van der Waals surface area contributed by atoms with E-state index in [1.165, 1.54) is 38.5 Å². The first-order chi connectivity index (χ1) is 10.8. The summed E-state index contributed by atoms with van der Waals surface area (Å²) in [6, 6.07) is 0. The molecule has 2 nitrogen and oxygen atoms in total. The first-order valence-electron chi connectivity index (χ1n) is 9.76. The van der Waals surface area contributed by atoms with Gasteiger partial charge in [0.15, 0.2) is 0 Å². The zero-order chi connectivity index (χ0) is 16.0. The molecule has 0 saturated heterocycles. The van der Waals surface area contributed by atoms with Gasteiger partial charge in [-0.1, -0.05) is 26.0 Å². The number of carbonyl (C=O) groups is 1. The summed E-state index contributed by atoms with van der Waals surface area (Å²) in [6.45, 7) is 5.02. The van der Waals surface area contributed by atoms with Crippen molar-refractivity contribution in [3.63, 3.8) is 0 Å². The summed E-state index contributed by atoms with van der Waals surface area (Å²) < 4.78 is 0. The molecule has 3 atom stereocenters. The molecule has 6 aliphatic rings. The molecule has 0 spiro atoms. The maximum absolute atomic E-state index is 11.7. The first kappa shape index (κ1) is 14.5. The lowest BCUT2D eigenvalue weighted by atomic mass is 9.39. The van der Waals surface area contributed by atoms with E-state index in [4.69, 9.17) is 0 Å². The van der Waals surface area contributed by atoms with Crippen LogP contribution in [0.4, 0.5) is 0 Å². The number of hydrogen-bond acceptors (Lipinski definition) is 1. The van der Waals surface area contributed by atoms with Crippen LogP contribution < -0.4 is 0 Å². The van der Waals surface area contributed by atoms with Crippen LogP contribution in [-0.4, -0.2) is 11.1 Å². The number of aliphatic carboxylic acids is 1. The summed E-state index contributed by atoms with van der Waals surface area (Å²) in [5.41, 5.74) is 0.867. The third-order valence-electron chi connectivity index (χ3n) is 9.29. The van der Waals surface area contributed by atoms with Gasteiger partial charge in [0.1, 0.15) is 0 Å². The van der Waals surface area contributed by atoms with Gasteiger partial charge in [-0.15, -0.1) is 0 Å². The van der Waals surface area contributed by atoms with Crippen molar-refractivity contribution in [2.45, 2.75) is 65.2 Å². The highest BCUT2D eigenvalue weighted by molar-refractivity contribution is 5.72. The molecule has 3 unspecified atom stereocenters. The molecular weight excluding hydrogens is 284 g/mol. The van der Waals surface area contributed by atoms with E-state index in [0.29, 0.717) is 11.3 Å². The second-order valence-electron chi connectivity index (χ2n) is 10.4. The Labute approximate surface area is 139 Å². The zero-order valence-electron chi connectivity index (χ0n) is 14.6. The summed E-state index contributed by atoms with van der Waals surface area (Å²) in [5.74, 6) is 2.50. The molecule has 6 aliphatic carbocycles. The predicted molar refractivity (Wildman–Crippen MR) is 89.8 cm³/mol. The number of hydrogen-bond donors (Lipinski definition) is 1. The Balaban J connectivity index is 1.53. The lowest BCUT2D eigenvalue weighted by Crippen LogP contribution is -2.57. The van der Waals surface area contributed by atoms with Crippen LogP contribution in [-0.2, 0) is 4.79 Å². The normalized spacial score (nSPS) is 53.2. The molecule has 5 saturated carbocycles. The second-order valence-corrected chi connectivity index (χ2v) is 10.4. The molecule has 5 fully saturated rings. The van der Waals surface area contributed by atoms with Crippen molar-refractivity contribution in [2.24, 2.45) is 45.8 Å². The van der Waals surface area contributed by atoms with Crippen LogP contribution >= 0.6 is 0 Å². The topological polar surface area (TPSA) is 37.3 Å². The molecule has 0 aromatic heterocycles. The molecule has 0 amide bonds. The summed E-state index contributed by atoms with van der Waals surface area (Å²) >= 11 is 0. The fourth-order valence-electron chi connectivity index (χ4n) is 8.23. The molecule has 0 radical (unpaired) electrons. The highest BCUT2D eigenvalue weighted by Gasteiger charge is 2.66. The van der Waals surface area contributed by atoms with Gasteiger partial charge in [0, 0.05) is 0 Å². The molecule has 1 N–H and O–H groups in total. The van der Waals surface area contributed by atoms with Gasteiger partial charge in [-0.05, 0) is 91.3 Å². The monoisotopic (exact) mass is 314 g/mol. The Kier molecular flexibility index (Phi) is 2.68. The van der Waals surface area contributed by atoms with Gasteiger partial charge in [0.05, 0.1) is 5.92 Å². The number of rotatable bonds is 3. The molecule has 6 rings (SSSR count). The maximum Gasteiger partial charge on any atom is 0.307 e. The molecule has 0 aromatic rings. The van der Waals surface area contributed by atoms with Gasteiger partial charge in [0.2, 0.25) is 0 Å². The number of carboxylic acid groups (broad SMARTS) is 1. The lowest BCUT2D eigenvalue weighted by molar-refractivity contribution is -0.158. The largest absolute Gasteiger partial charge is 0.481 e. The van der Waals surface area contributed by atoms with E-state index in [1.807, 2.05) is 0 Å². The molecule has 0 aliphatic heterocycles. The quantitative estimate of drug-likeness (QED) is 0.753. The third-order valence-corrected chi connectivity index (χ3v) is 9.29. The SMILES string of the molecule is CC(C)(C12C=CC(C1)C(C(=O)O)C2)C12CC3CC(CC(C3)C1)C2. The van der Waals surface area contributed by atoms with Gasteiger partial charge in [-0.2, -0.15) is 0 Å². The standard InChI is InChI=1S/C21H30O2/c1-19(2,20-4-3-16(11-20)17(12-20)18(22)23)21-8-13-5-14(9-21)7-15(6-13)10-21/h3-4,13-17H,5-12H2,1-2H3,(H,22,23). The molecule has 23 heavy (non-hydrogen) atoms. The maximum atomic E-state index is 11.7. The van der Waals surface area contributed by atoms with Crippen LogP contribution in [0.3, 0.4) is 0 Å². The van der Waals surface area contributed by atoms with Crippen LogP contribution in [0.2, 0.25) is 0 Å². The predicted octanol–water partition coefficient (Wildman–Crippen LogP) is 4.90. The van der Waals surface area contributed by atoms with E-state index < -0.39 is 5.97 Å². The fourth-order valence-corrected chi connectivity index (χ4v) is 8.23. The van der Waals surface area contributed by atoms with E-state index in [0.717, 1.165) is 30.6 Å².